The molecule has 0 aliphatic carbocycles. The normalized spacial score (nSPS) is 11.4. The van der Waals surface area contributed by atoms with Gasteiger partial charge in [-0.3, -0.25) is 4.79 Å². The molecule has 0 atom stereocenters. The summed E-state index contributed by atoms with van der Waals surface area (Å²) in [4.78, 5) is 11.3. The Kier molecular flexibility index (Phi) is 4.43. The minimum atomic E-state index is -0.879. The highest BCUT2D eigenvalue weighted by atomic mass is 16.5. The topological polar surface area (TPSA) is 46.5 Å². The van der Waals surface area contributed by atoms with Gasteiger partial charge in [-0.15, -0.1) is 0 Å². The summed E-state index contributed by atoms with van der Waals surface area (Å²) in [5, 5.41) is 9.26. The van der Waals surface area contributed by atoms with E-state index in [0.29, 0.717) is 6.61 Å². The standard InChI is InChI=1S/C18H20O3/c1-18(2,17(19)20)16-9-7-14(8-10-16)15-6-4-5-13(11-15)12-21-3/h4-11H,12H2,1-3H3,(H,19,20). The molecule has 0 aromatic heterocycles. The number of carboxylic acid groups (broad SMARTS) is 1. The van der Waals surface area contributed by atoms with Gasteiger partial charge in [0.1, 0.15) is 0 Å². The molecule has 0 spiro atoms. The molecule has 0 aliphatic heterocycles. The minimum Gasteiger partial charge on any atom is -0.481 e. The number of ether oxygens (including phenoxy) is 1. The molecule has 3 nitrogen and oxygen atoms in total. The summed E-state index contributed by atoms with van der Waals surface area (Å²) in [5.41, 5.74) is 3.20. The predicted molar refractivity (Wildman–Crippen MR) is 83.3 cm³/mol. The second-order valence-electron chi connectivity index (χ2n) is 5.64. The van der Waals surface area contributed by atoms with Crippen molar-refractivity contribution in [2.45, 2.75) is 25.9 Å². The maximum atomic E-state index is 11.3. The molecule has 0 saturated heterocycles. The van der Waals surface area contributed by atoms with Crippen molar-refractivity contribution in [3.8, 4) is 11.1 Å². The third-order valence-electron chi connectivity index (χ3n) is 3.71. The monoisotopic (exact) mass is 284 g/mol. The fourth-order valence-corrected chi connectivity index (χ4v) is 2.21. The number of rotatable bonds is 5. The van der Waals surface area contributed by atoms with Crippen LogP contribution in [0.25, 0.3) is 11.1 Å². The SMILES string of the molecule is COCc1cccc(-c2ccc(C(C)(C)C(=O)O)cc2)c1. The molecule has 3 heteroatoms. The highest BCUT2D eigenvalue weighted by molar-refractivity contribution is 5.80. The van der Waals surface area contributed by atoms with Crippen molar-refractivity contribution in [2.75, 3.05) is 7.11 Å². The Bertz CT molecular complexity index is 627. The molecule has 2 aromatic carbocycles. The third-order valence-corrected chi connectivity index (χ3v) is 3.71. The van der Waals surface area contributed by atoms with Gasteiger partial charge < -0.3 is 9.84 Å². The van der Waals surface area contributed by atoms with Crippen LogP contribution in [0, 0.1) is 0 Å². The number of hydrogen-bond donors (Lipinski definition) is 1. The van der Waals surface area contributed by atoms with Crippen LogP contribution < -0.4 is 0 Å². The molecule has 0 unspecified atom stereocenters. The van der Waals surface area contributed by atoms with E-state index in [9.17, 15) is 9.90 Å². The number of hydrogen-bond acceptors (Lipinski definition) is 2. The number of benzene rings is 2. The summed E-state index contributed by atoms with van der Waals surface area (Å²) in [6, 6.07) is 15.8. The van der Waals surface area contributed by atoms with Crippen molar-refractivity contribution in [2.24, 2.45) is 0 Å². The molecule has 2 aromatic rings. The Morgan fingerprint density at radius 1 is 1.10 bits per heavy atom. The lowest BCUT2D eigenvalue weighted by Crippen LogP contribution is -2.28. The van der Waals surface area contributed by atoms with Gasteiger partial charge in [0.15, 0.2) is 0 Å². The van der Waals surface area contributed by atoms with E-state index in [1.807, 2.05) is 42.5 Å². The van der Waals surface area contributed by atoms with E-state index in [4.69, 9.17) is 4.74 Å². The van der Waals surface area contributed by atoms with Gasteiger partial charge in [-0.2, -0.15) is 0 Å². The summed E-state index contributed by atoms with van der Waals surface area (Å²) in [5.74, 6) is -0.822. The Balaban J connectivity index is 2.31. The molecular formula is C18H20O3. The second kappa shape index (κ2) is 6.10. The van der Waals surface area contributed by atoms with Gasteiger partial charge in [-0.05, 0) is 42.2 Å². The second-order valence-corrected chi connectivity index (χ2v) is 5.64. The van der Waals surface area contributed by atoms with Crippen molar-refractivity contribution < 1.29 is 14.6 Å². The van der Waals surface area contributed by atoms with Crippen LogP contribution in [0.15, 0.2) is 48.5 Å². The van der Waals surface area contributed by atoms with E-state index in [-0.39, 0.29) is 0 Å². The molecule has 0 amide bonds. The van der Waals surface area contributed by atoms with E-state index in [1.54, 1.807) is 21.0 Å². The molecule has 0 aliphatic rings. The molecule has 0 heterocycles. The highest BCUT2D eigenvalue weighted by Crippen LogP contribution is 2.27. The lowest BCUT2D eigenvalue weighted by Gasteiger charge is -2.20. The summed E-state index contributed by atoms with van der Waals surface area (Å²) < 4.78 is 5.14. The maximum Gasteiger partial charge on any atom is 0.313 e. The molecule has 2 rings (SSSR count). The fraction of sp³-hybridized carbons (Fsp3) is 0.278. The maximum absolute atomic E-state index is 11.3. The summed E-state index contributed by atoms with van der Waals surface area (Å²) in [7, 11) is 1.68. The average Bonchev–Trinajstić information content (AvgIpc) is 2.48. The number of carbonyl (C=O) groups is 1. The lowest BCUT2D eigenvalue weighted by molar-refractivity contribution is -0.142. The van der Waals surface area contributed by atoms with E-state index in [2.05, 4.69) is 6.07 Å². The largest absolute Gasteiger partial charge is 0.481 e. The van der Waals surface area contributed by atoms with Crippen LogP contribution in [0.3, 0.4) is 0 Å². The van der Waals surface area contributed by atoms with Crippen molar-refractivity contribution >= 4 is 5.97 Å². The first-order valence-corrected chi connectivity index (χ1v) is 6.87. The summed E-state index contributed by atoms with van der Waals surface area (Å²) in [6.07, 6.45) is 0. The van der Waals surface area contributed by atoms with Gasteiger partial charge in [0.05, 0.1) is 12.0 Å². The molecule has 1 N–H and O–H groups in total. The van der Waals surface area contributed by atoms with Crippen LogP contribution in [0.2, 0.25) is 0 Å². The lowest BCUT2D eigenvalue weighted by atomic mass is 9.84. The molecule has 21 heavy (non-hydrogen) atoms. The number of aliphatic carboxylic acids is 1. The first kappa shape index (κ1) is 15.3. The van der Waals surface area contributed by atoms with Crippen molar-refractivity contribution in [1.82, 2.24) is 0 Å². The number of carboxylic acids is 1. The van der Waals surface area contributed by atoms with Crippen molar-refractivity contribution in [3.63, 3.8) is 0 Å². The Morgan fingerprint density at radius 2 is 1.76 bits per heavy atom. The first-order valence-electron chi connectivity index (χ1n) is 6.87. The Morgan fingerprint density at radius 3 is 2.33 bits per heavy atom. The zero-order chi connectivity index (χ0) is 15.5. The van der Waals surface area contributed by atoms with Gasteiger partial charge in [-0.25, -0.2) is 0 Å². The molecule has 110 valence electrons. The van der Waals surface area contributed by atoms with Crippen LogP contribution in [0.4, 0.5) is 0 Å². The molecule has 0 fully saturated rings. The van der Waals surface area contributed by atoms with Crippen LogP contribution in [0.5, 0.6) is 0 Å². The van der Waals surface area contributed by atoms with Crippen LogP contribution in [-0.4, -0.2) is 18.2 Å². The molecular weight excluding hydrogens is 264 g/mol. The van der Waals surface area contributed by atoms with Gasteiger partial charge in [0.2, 0.25) is 0 Å². The summed E-state index contributed by atoms with van der Waals surface area (Å²) >= 11 is 0. The van der Waals surface area contributed by atoms with E-state index < -0.39 is 11.4 Å². The van der Waals surface area contributed by atoms with E-state index >= 15 is 0 Å². The van der Waals surface area contributed by atoms with Gasteiger partial charge in [0.25, 0.3) is 0 Å². The zero-order valence-electron chi connectivity index (χ0n) is 12.6. The van der Waals surface area contributed by atoms with Crippen LogP contribution in [0.1, 0.15) is 25.0 Å². The minimum absolute atomic E-state index is 0.581. The fourth-order valence-electron chi connectivity index (χ4n) is 2.21. The van der Waals surface area contributed by atoms with Crippen LogP contribution in [-0.2, 0) is 21.6 Å². The Labute approximate surface area is 125 Å². The highest BCUT2D eigenvalue weighted by Gasteiger charge is 2.29. The van der Waals surface area contributed by atoms with Crippen molar-refractivity contribution in [3.05, 3.63) is 59.7 Å². The third kappa shape index (κ3) is 3.31. The summed E-state index contributed by atoms with van der Waals surface area (Å²) in [6.45, 7) is 4.01. The predicted octanol–water partition coefficient (Wildman–Crippen LogP) is 3.86. The van der Waals surface area contributed by atoms with E-state index in [0.717, 1.165) is 22.3 Å². The van der Waals surface area contributed by atoms with Gasteiger partial charge in [-0.1, -0.05) is 42.5 Å². The first-order chi connectivity index (χ1) is 9.95. The average molecular weight is 284 g/mol. The quantitative estimate of drug-likeness (QED) is 0.906. The molecule has 0 radical (unpaired) electrons. The van der Waals surface area contributed by atoms with Gasteiger partial charge >= 0.3 is 5.97 Å². The smallest absolute Gasteiger partial charge is 0.313 e. The molecule has 0 saturated carbocycles. The van der Waals surface area contributed by atoms with Gasteiger partial charge in [0, 0.05) is 7.11 Å². The molecule has 0 bridgehead atoms. The zero-order valence-corrected chi connectivity index (χ0v) is 12.6. The Hall–Kier alpha value is -2.13. The van der Waals surface area contributed by atoms with E-state index in [1.165, 1.54) is 0 Å². The van der Waals surface area contributed by atoms with Crippen molar-refractivity contribution in [1.29, 1.82) is 0 Å². The van der Waals surface area contributed by atoms with Crippen LogP contribution >= 0.6 is 0 Å². The number of methoxy groups -OCH3 is 1.